The molecule has 2 aromatic heterocycles. The average molecular weight is 409 g/mol. The lowest BCUT2D eigenvalue weighted by molar-refractivity contribution is -0.385. The number of nitrogens with zero attached hydrogens (tertiary/aromatic N) is 5. The van der Waals surface area contributed by atoms with Gasteiger partial charge in [-0.15, -0.1) is 11.8 Å². The first kappa shape index (κ1) is 19.1. The molecule has 0 saturated carbocycles. The third kappa shape index (κ3) is 4.62. The largest absolute Gasteiger partial charge is 0.434 e. The summed E-state index contributed by atoms with van der Waals surface area (Å²) in [7, 11) is 0. The highest BCUT2D eigenvalue weighted by molar-refractivity contribution is 7.99. The lowest BCUT2D eigenvalue weighted by atomic mass is 10.1. The van der Waals surface area contributed by atoms with E-state index >= 15 is 0 Å². The number of aromatic nitrogens is 3. The van der Waals surface area contributed by atoms with E-state index in [0.717, 1.165) is 17.9 Å². The van der Waals surface area contributed by atoms with Crippen molar-refractivity contribution in [2.24, 2.45) is 0 Å². The average Bonchev–Trinajstić information content (AvgIpc) is 2.75. The molecule has 1 aliphatic rings. The highest BCUT2D eigenvalue weighted by Crippen LogP contribution is 2.38. The van der Waals surface area contributed by atoms with Crippen molar-refractivity contribution in [2.45, 2.75) is 23.1 Å². The Morgan fingerprint density at radius 3 is 2.48 bits per heavy atom. The SMILES string of the molecule is O=[N+]([O-])c1c(Oc2ccccc2)ncnc1N1CCC(Sc2ccccn2)CC1. The normalized spacial score (nSPS) is 14.6. The van der Waals surface area contributed by atoms with E-state index in [-0.39, 0.29) is 11.6 Å². The van der Waals surface area contributed by atoms with Gasteiger partial charge in [0.1, 0.15) is 12.1 Å². The molecule has 1 aromatic carbocycles. The molecule has 0 aliphatic carbocycles. The van der Waals surface area contributed by atoms with Crippen molar-refractivity contribution < 1.29 is 9.66 Å². The number of benzene rings is 1. The van der Waals surface area contributed by atoms with Crippen LogP contribution in [-0.2, 0) is 0 Å². The summed E-state index contributed by atoms with van der Waals surface area (Å²) in [6.07, 6.45) is 4.87. The third-order valence-electron chi connectivity index (χ3n) is 4.58. The Morgan fingerprint density at radius 2 is 1.79 bits per heavy atom. The zero-order valence-corrected chi connectivity index (χ0v) is 16.4. The van der Waals surface area contributed by atoms with Crippen molar-refractivity contribution in [1.29, 1.82) is 0 Å². The van der Waals surface area contributed by atoms with Crippen LogP contribution in [0, 0.1) is 10.1 Å². The predicted octanol–water partition coefficient (Wildman–Crippen LogP) is 4.33. The number of ether oxygens (including phenoxy) is 1. The van der Waals surface area contributed by atoms with Gasteiger partial charge in [-0.25, -0.2) is 9.97 Å². The number of pyridine rings is 1. The molecule has 148 valence electrons. The van der Waals surface area contributed by atoms with Crippen molar-refractivity contribution in [3.05, 3.63) is 71.2 Å². The van der Waals surface area contributed by atoms with Gasteiger partial charge >= 0.3 is 11.6 Å². The first-order valence-corrected chi connectivity index (χ1v) is 10.1. The monoisotopic (exact) mass is 409 g/mol. The molecule has 9 heteroatoms. The Bertz CT molecular complexity index is 966. The van der Waals surface area contributed by atoms with E-state index < -0.39 is 4.92 Å². The molecule has 0 bridgehead atoms. The number of hydrogen-bond donors (Lipinski definition) is 0. The Kier molecular flexibility index (Phi) is 5.85. The molecule has 0 radical (unpaired) electrons. The van der Waals surface area contributed by atoms with E-state index in [1.807, 2.05) is 29.2 Å². The first-order valence-electron chi connectivity index (χ1n) is 9.25. The highest BCUT2D eigenvalue weighted by atomic mass is 32.2. The van der Waals surface area contributed by atoms with Crippen molar-refractivity contribution in [2.75, 3.05) is 18.0 Å². The number of anilines is 1. The fraction of sp³-hybridized carbons (Fsp3) is 0.250. The molecule has 0 N–H and O–H groups in total. The van der Waals surface area contributed by atoms with Crippen LogP contribution >= 0.6 is 11.8 Å². The van der Waals surface area contributed by atoms with E-state index in [9.17, 15) is 10.1 Å². The topological polar surface area (TPSA) is 94.3 Å². The molecule has 1 saturated heterocycles. The van der Waals surface area contributed by atoms with Crippen LogP contribution < -0.4 is 9.64 Å². The second kappa shape index (κ2) is 8.87. The molecule has 0 amide bonds. The molecule has 1 fully saturated rings. The van der Waals surface area contributed by atoms with Gasteiger partial charge in [0.05, 0.1) is 9.95 Å². The quantitative estimate of drug-likeness (QED) is 0.438. The van der Waals surface area contributed by atoms with Crippen LogP contribution in [0.2, 0.25) is 0 Å². The predicted molar refractivity (Wildman–Crippen MR) is 111 cm³/mol. The molecule has 0 unspecified atom stereocenters. The van der Waals surface area contributed by atoms with Crippen LogP contribution in [0.5, 0.6) is 11.6 Å². The van der Waals surface area contributed by atoms with E-state index in [1.165, 1.54) is 6.33 Å². The van der Waals surface area contributed by atoms with Gasteiger partial charge in [0.15, 0.2) is 0 Å². The van der Waals surface area contributed by atoms with Crippen molar-refractivity contribution >= 4 is 23.3 Å². The second-order valence-electron chi connectivity index (χ2n) is 6.50. The van der Waals surface area contributed by atoms with E-state index in [1.54, 1.807) is 42.2 Å². The third-order valence-corrected chi connectivity index (χ3v) is 5.86. The van der Waals surface area contributed by atoms with Gasteiger partial charge in [-0.2, -0.15) is 4.98 Å². The number of hydrogen-bond acceptors (Lipinski definition) is 8. The van der Waals surface area contributed by atoms with E-state index in [4.69, 9.17) is 4.74 Å². The Balaban J connectivity index is 1.50. The summed E-state index contributed by atoms with van der Waals surface area (Å²) in [5, 5.41) is 13.2. The Morgan fingerprint density at radius 1 is 1.03 bits per heavy atom. The summed E-state index contributed by atoms with van der Waals surface area (Å²) < 4.78 is 5.67. The molecular weight excluding hydrogens is 390 g/mol. The molecular formula is C20H19N5O3S. The minimum absolute atomic E-state index is 0.0452. The smallest absolute Gasteiger partial charge is 0.373 e. The maximum atomic E-state index is 11.8. The maximum absolute atomic E-state index is 11.8. The van der Waals surface area contributed by atoms with E-state index in [0.29, 0.717) is 29.9 Å². The van der Waals surface area contributed by atoms with E-state index in [2.05, 4.69) is 15.0 Å². The molecule has 0 atom stereocenters. The number of nitro groups is 1. The summed E-state index contributed by atoms with van der Waals surface area (Å²) >= 11 is 1.75. The Hall–Kier alpha value is -3.20. The summed E-state index contributed by atoms with van der Waals surface area (Å²) in [5.74, 6) is 0.749. The minimum atomic E-state index is -0.470. The summed E-state index contributed by atoms with van der Waals surface area (Å²) in [5.41, 5.74) is -0.202. The summed E-state index contributed by atoms with van der Waals surface area (Å²) in [6.45, 7) is 1.35. The van der Waals surface area contributed by atoms with Crippen molar-refractivity contribution in [3.63, 3.8) is 0 Å². The molecule has 29 heavy (non-hydrogen) atoms. The molecule has 3 aromatic rings. The first-order chi connectivity index (χ1) is 14.2. The fourth-order valence-electron chi connectivity index (χ4n) is 3.19. The summed E-state index contributed by atoms with van der Waals surface area (Å²) in [6, 6.07) is 14.8. The Labute approximate surface area is 172 Å². The lowest BCUT2D eigenvalue weighted by Gasteiger charge is -2.31. The van der Waals surface area contributed by atoms with Crippen LogP contribution in [0.4, 0.5) is 11.5 Å². The van der Waals surface area contributed by atoms with Gasteiger partial charge in [-0.3, -0.25) is 10.1 Å². The van der Waals surface area contributed by atoms with Gasteiger partial charge in [-0.05, 0) is 37.1 Å². The van der Waals surface area contributed by atoms with Gasteiger partial charge in [0.2, 0.25) is 5.82 Å². The molecule has 1 aliphatic heterocycles. The van der Waals surface area contributed by atoms with Gasteiger partial charge in [0, 0.05) is 24.5 Å². The van der Waals surface area contributed by atoms with Gasteiger partial charge in [0.25, 0.3) is 0 Å². The van der Waals surface area contributed by atoms with Crippen LogP contribution in [0.3, 0.4) is 0 Å². The van der Waals surface area contributed by atoms with Crippen LogP contribution in [0.1, 0.15) is 12.8 Å². The fourth-order valence-corrected chi connectivity index (χ4v) is 4.26. The zero-order valence-electron chi connectivity index (χ0n) is 15.5. The number of para-hydroxylation sites is 1. The minimum Gasteiger partial charge on any atom is -0.434 e. The highest BCUT2D eigenvalue weighted by Gasteiger charge is 2.31. The van der Waals surface area contributed by atoms with Crippen LogP contribution in [-0.4, -0.2) is 38.2 Å². The summed E-state index contributed by atoms with van der Waals surface area (Å²) in [4.78, 5) is 25.8. The van der Waals surface area contributed by atoms with Crippen LogP contribution in [0.15, 0.2) is 66.1 Å². The molecule has 3 heterocycles. The standard InChI is InChI=1S/C20H19N5O3S/c26-25(27)18-19(22-14-23-20(18)28-15-6-2-1-3-7-15)24-12-9-16(10-13-24)29-17-8-4-5-11-21-17/h1-8,11,14,16H,9-10,12-13H2. The van der Waals surface area contributed by atoms with Gasteiger partial charge in [-0.1, -0.05) is 24.3 Å². The van der Waals surface area contributed by atoms with Crippen LogP contribution in [0.25, 0.3) is 0 Å². The van der Waals surface area contributed by atoms with Crippen molar-refractivity contribution in [3.8, 4) is 11.6 Å². The number of rotatable bonds is 6. The zero-order chi connectivity index (χ0) is 20.1. The maximum Gasteiger partial charge on any atom is 0.373 e. The number of thioether (sulfide) groups is 1. The molecule has 4 rings (SSSR count). The molecule has 8 nitrogen and oxygen atoms in total. The molecule has 0 spiro atoms. The van der Waals surface area contributed by atoms with Crippen molar-refractivity contribution in [1.82, 2.24) is 15.0 Å². The lowest BCUT2D eigenvalue weighted by Crippen LogP contribution is -2.35. The van der Waals surface area contributed by atoms with Gasteiger partial charge < -0.3 is 9.64 Å². The number of piperidine rings is 1. The second-order valence-corrected chi connectivity index (χ2v) is 7.82.